The molecular formula is C12H9Cl2N2NaO3. The zero-order chi connectivity index (χ0) is 13.8. The first-order valence-electron chi connectivity index (χ1n) is 5.54. The van der Waals surface area contributed by atoms with E-state index in [1.807, 2.05) is 0 Å². The Morgan fingerprint density at radius 2 is 2.05 bits per heavy atom. The Kier molecular flexibility index (Phi) is 6.99. The molecule has 0 N–H and O–H groups in total. The zero-order valence-electron chi connectivity index (χ0n) is 10.7. The van der Waals surface area contributed by atoms with Gasteiger partial charge in [0.15, 0.2) is 0 Å². The van der Waals surface area contributed by atoms with Gasteiger partial charge in [-0.05, 0) is 31.0 Å². The monoisotopic (exact) mass is 322 g/mol. The number of carbonyl (C=O) groups is 1. The summed E-state index contributed by atoms with van der Waals surface area (Å²) in [6.45, 7) is 0. The predicted molar refractivity (Wildman–Crippen MR) is 67.7 cm³/mol. The van der Waals surface area contributed by atoms with E-state index in [0.717, 1.165) is 0 Å². The molecule has 0 spiro atoms. The summed E-state index contributed by atoms with van der Waals surface area (Å²) in [6, 6.07) is 5.01. The maximum absolute atomic E-state index is 10.3. The minimum absolute atomic E-state index is 0. The molecule has 0 bridgehead atoms. The largest absolute Gasteiger partial charge is 1.00 e. The van der Waals surface area contributed by atoms with Crippen LogP contribution < -0.4 is 34.7 Å². The summed E-state index contributed by atoms with van der Waals surface area (Å²) in [4.78, 5) is 14.4. The van der Waals surface area contributed by atoms with Gasteiger partial charge in [-0.25, -0.2) is 0 Å². The van der Waals surface area contributed by atoms with Gasteiger partial charge >= 0.3 is 29.6 Å². The second kappa shape index (κ2) is 8.00. The molecule has 5 nitrogen and oxygen atoms in total. The van der Waals surface area contributed by atoms with Gasteiger partial charge in [-0.1, -0.05) is 28.4 Å². The van der Waals surface area contributed by atoms with E-state index in [4.69, 9.17) is 27.7 Å². The molecule has 0 unspecified atom stereocenters. The van der Waals surface area contributed by atoms with Crippen LogP contribution in [-0.4, -0.2) is 16.1 Å². The van der Waals surface area contributed by atoms with Crippen molar-refractivity contribution in [2.45, 2.75) is 19.3 Å². The summed E-state index contributed by atoms with van der Waals surface area (Å²) >= 11 is 11.7. The van der Waals surface area contributed by atoms with E-state index in [9.17, 15) is 9.90 Å². The molecule has 0 fully saturated rings. The van der Waals surface area contributed by atoms with Crippen molar-refractivity contribution in [1.29, 1.82) is 0 Å². The molecule has 0 aliphatic heterocycles. The van der Waals surface area contributed by atoms with E-state index in [0.29, 0.717) is 40.2 Å². The number of nitrogens with zero attached hydrogens (tertiary/aromatic N) is 2. The molecule has 1 aromatic carbocycles. The molecule has 100 valence electrons. The third-order valence-corrected chi connectivity index (χ3v) is 3.16. The molecule has 0 aliphatic carbocycles. The Hall–Kier alpha value is -0.590. The van der Waals surface area contributed by atoms with Crippen LogP contribution in [0.2, 0.25) is 10.0 Å². The Bertz CT molecular complexity index is 604. The maximum atomic E-state index is 10.3. The average Bonchev–Trinajstić information content (AvgIpc) is 2.81. The number of aliphatic carboxylic acids is 1. The van der Waals surface area contributed by atoms with Gasteiger partial charge < -0.3 is 14.4 Å². The number of carboxylic acids is 1. The first-order chi connectivity index (χ1) is 9.06. The number of halogens is 2. The Morgan fingerprint density at radius 1 is 1.30 bits per heavy atom. The maximum Gasteiger partial charge on any atom is 1.00 e. The standard InChI is InChI=1S/C12H10Cl2N2O3.Na/c13-8-5-4-7(6-9(8)14)12-15-10(19-16-12)2-1-3-11(17)18;/h4-6H,1-3H2,(H,17,18);/q;+1/p-1. The molecule has 0 saturated carbocycles. The molecule has 2 aromatic rings. The Morgan fingerprint density at radius 3 is 2.70 bits per heavy atom. The van der Waals surface area contributed by atoms with Crippen LogP contribution in [0.1, 0.15) is 18.7 Å². The number of benzene rings is 1. The third-order valence-electron chi connectivity index (χ3n) is 2.42. The van der Waals surface area contributed by atoms with E-state index in [2.05, 4.69) is 10.1 Å². The van der Waals surface area contributed by atoms with E-state index in [-0.39, 0.29) is 36.0 Å². The van der Waals surface area contributed by atoms with Gasteiger partial charge in [0.2, 0.25) is 11.7 Å². The van der Waals surface area contributed by atoms with Crippen molar-refractivity contribution in [3.8, 4) is 11.4 Å². The normalized spacial score (nSPS) is 10.1. The van der Waals surface area contributed by atoms with Crippen molar-refractivity contribution in [1.82, 2.24) is 10.1 Å². The molecular weight excluding hydrogens is 314 g/mol. The van der Waals surface area contributed by atoms with Crippen molar-refractivity contribution < 1.29 is 44.0 Å². The number of aromatic nitrogens is 2. The van der Waals surface area contributed by atoms with Crippen LogP contribution in [0.3, 0.4) is 0 Å². The van der Waals surface area contributed by atoms with Gasteiger partial charge in [-0.3, -0.25) is 0 Å². The molecule has 1 heterocycles. The van der Waals surface area contributed by atoms with Crippen LogP contribution in [0.25, 0.3) is 11.4 Å². The summed E-state index contributed by atoms with van der Waals surface area (Å²) < 4.78 is 5.02. The van der Waals surface area contributed by atoms with Crippen LogP contribution in [0, 0.1) is 0 Å². The summed E-state index contributed by atoms with van der Waals surface area (Å²) in [5, 5.41) is 14.9. The number of carbonyl (C=O) groups excluding carboxylic acids is 1. The fraction of sp³-hybridized carbons (Fsp3) is 0.250. The van der Waals surface area contributed by atoms with Crippen molar-refractivity contribution in [2.75, 3.05) is 0 Å². The van der Waals surface area contributed by atoms with E-state index in [1.54, 1.807) is 18.2 Å². The molecule has 0 atom stereocenters. The van der Waals surface area contributed by atoms with Gasteiger partial charge in [0.25, 0.3) is 0 Å². The molecule has 0 amide bonds. The van der Waals surface area contributed by atoms with Crippen molar-refractivity contribution in [2.24, 2.45) is 0 Å². The SMILES string of the molecule is O=C([O-])CCCc1nc(-c2ccc(Cl)c(Cl)c2)no1.[Na+]. The van der Waals surface area contributed by atoms with Crippen LogP contribution in [0.4, 0.5) is 0 Å². The van der Waals surface area contributed by atoms with Crippen LogP contribution in [0.15, 0.2) is 22.7 Å². The van der Waals surface area contributed by atoms with E-state index < -0.39 is 5.97 Å². The Labute approximate surface area is 147 Å². The molecule has 20 heavy (non-hydrogen) atoms. The van der Waals surface area contributed by atoms with Crippen LogP contribution >= 0.6 is 23.2 Å². The van der Waals surface area contributed by atoms with Gasteiger partial charge in [0.1, 0.15) is 0 Å². The van der Waals surface area contributed by atoms with Crippen molar-refractivity contribution in [3.63, 3.8) is 0 Å². The second-order valence-electron chi connectivity index (χ2n) is 3.87. The summed E-state index contributed by atoms with van der Waals surface area (Å²) in [7, 11) is 0. The average molecular weight is 323 g/mol. The van der Waals surface area contributed by atoms with Crippen LogP contribution in [-0.2, 0) is 11.2 Å². The van der Waals surface area contributed by atoms with Crippen LogP contribution in [0.5, 0.6) is 0 Å². The van der Waals surface area contributed by atoms with E-state index >= 15 is 0 Å². The minimum atomic E-state index is -1.09. The van der Waals surface area contributed by atoms with Crippen molar-refractivity contribution >= 4 is 29.2 Å². The number of rotatable bonds is 5. The third kappa shape index (κ3) is 4.75. The van der Waals surface area contributed by atoms with Gasteiger partial charge in [-0.2, -0.15) is 4.98 Å². The number of carboxylic acid groups (broad SMARTS) is 1. The molecule has 1 aromatic heterocycles. The first kappa shape index (κ1) is 17.5. The minimum Gasteiger partial charge on any atom is -0.550 e. The molecule has 0 aliphatic rings. The number of hydrogen-bond donors (Lipinski definition) is 0. The second-order valence-corrected chi connectivity index (χ2v) is 4.68. The fourth-order valence-electron chi connectivity index (χ4n) is 1.49. The summed E-state index contributed by atoms with van der Waals surface area (Å²) in [6.07, 6.45) is 0.748. The topological polar surface area (TPSA) is 79.0 Å². The quantitative estimate of drug-likeness (QED) is 0.668. The van der Waals surface area contributed by atoms with Gasteiger partial charge in [-0.15, -0.1) is 0 Å². The molecule has 0 saturated heterocycles. The number of hydrogen-bond acceptors (Lipinski definition) is 5. The summed E-state index contributed by atoms with van der Waals surface area (Å²) in [5.74, 6) is -0.325. The van der Waals surface area contributed by atoms with Crippen molar-refractivity contribution in [3.05, 3.63) is 34.1 Å². The zero-order valence-corrected chi connectivity index (χ0v) is 14.2. The molecule has 2 rings (SSSR count). The smallest absolute Gasteiger partial charge is 0.550 e. The van der Waals surface area contributed by atoms with E-state index in [1.165, 1.54) is 0 Å². The Balaban J connectivity index is 0.00000200. The molecule has 8 heteroatoms. The fourth-order valence-corrected chi connectivity index (χ4v) is 1.79. The number of aryl methyl sites for hydroxylation is 1. The molecule has 0 radical (unpaired) electrons. The van der Waals surface area contributed by atoms with Gasteiger partial charge in [0.05, 0.1) is 10.0 Å². The predicted octanol–water partition coefficient (Wildman–Crippen LogP) is -0.880. The summed E-state index contributed by atoms with van der Waals surface area (Å²) in [5.41, 5.74) is 0.685. The first-order valence-corrected chi connectivity index (χ1v) is 6.29. The van der Waals surface area contributed by atoms with Gasteiger partial charge in [0, 0.05) is 18.0 Å².